The van der Waals surface area contributed by atoms with Gasteiger partial charge in [0.25, 0.3) is 0 Å². The average Bonchev–Trinajstić information content (AvgIpc) is 2.65. The molecule has 3 aliphatic rings. The third-order valence-corrected chi connectivity index (χ3v) is 6.26. The molecule has 144 valence electrons. The molecule has 1 saturated carbocycles. The van der Waals surface area contributed by atoms with Crippen LogP contribution in [0.2, 0.25) is 0 Å². The molecule has 0 saturated heterocycles. The number of ketones is 2. The van der Waals surface area contributed by atoms with Gasteiger partial charge in [-0.05, 0) is 17.5 Å². The molecule has 28 heavy (non-hydrogen) atoms. The molecule has 7 nitrogen and oxygen atoms in total. The molecule has 0 radical (unpaired) electrons. The first-order valence-electron chi connectivity index (χ1n) is 8.80. The van der Waals surface area contributed by atoms with Gasteiger partial charge in [-0.3, -0.25) is 9.59 Å². The Labute approximate surface area is 160 Å². The Balaban J connectivity index is 2.02. The quantitative estimate of drug-likeness (QED) is 0.424. The number of terminal acetylenes is 1. The van der Waals surface area contributed by atoms with Crippen molar-refractivity contribution in [1.29, 1.82) is 0 Å². The lowest BCUT2D eigenvalue weighted by atomic mass is 9.56. The van der Waals surface area contributed by atoms with Gasteiger partial charge in [0.1, 0.15) is 17.1 Å². The Hall–Kier alpha value is -3.08. The molecule has 3 aliphatic carbocycles. The molecule has 5 N–H and O–H groups in total. The van der Waals surface area contributed by atoms with E-state index in [1.54, 1.807) is 19.1 Å². The summed E-state index contributed by atoms with van der Waals surface area (Å²) in [6.45, 7) is 1.71. The van der Waals surface area contributed by atoms with Crippen molar-refractivity contribution in [2.75, 3.05) is 0 Å². The minimum absolute atomic E-state index is 0.0383. The smallest absolute Gasteiger partial charge is 0.202 e. The standard InChI is InChI=1S/C21H18O7/c1-3-9-13(23)7-11-17(24)14-8(2)10-5-4-6-12(22)15(10)18(25)16(14)20(27)21(11,28)19(9)26/h1,4-6,8,11,14,17,22,24-26,28H,7H2,2H3/t8-,11+,14+,17+,21+/m0/s1. The normalized spacial score (nSPS) is 34.5. The third-order valence-electron chi connectivity index (χ3n) is 6.26. The zero-order valence-electron chi connectivity index (χ0n) is 14.9. The molecule has 0 bridgehead atoms. The minimum atomic E-state index is -2.63. The molecule has 0 unspecified atom stereocenters. The van der Waals surface area contributed by atoms with Crippen LogP contribution in [0.15, 0.2) is 35.1 Å². The van der Waals surface area contributed by atoms with Crippen molar-refractivity contribution in [3.63, 3.8) is 0 Å². The van der Waals surface area contributed by atoms with Crippen molar-refractivity contribution in [3.8, 4) is 18.1 Å². The van der Waals surface area contributed by atoms with Gasteiger partial charge in [0.2, 0.25) is 5.78 Å². The first-order valence-corrected chi connectivity index (χ1v) is 8.80. The van der Waals surface area contributed by atoms with Gasteiger partial charge >= 0.3 is 0 Å². The molecule has 0 heterocycles. The number of benzene rings is 1. The van der Waals surface area contributed by atoms with Gasteiger partial charge in [-0.25, -0.2) is 0 Å². The molecule has 7 heteroatoms. The number of fused-ring (bicyclic) bond motifs is 3. The number of phenolic OH excluding ortho intramolecular Hbond substituents is 1. The SMILES string of the molecule is C#CC1=C(O)[C@@]2(O)C(=O)C3=C(O)c4c(O)cccc4[C@H](C)[C@H]3[C@H](O)[C@H]2CC1=O. The van der Waals surface area contributed by atoms with E-state index in [-0.39, 0.29) is 16.9 Å². The molecular formula is C21H18O7. The van der Waals surface area contributed by atoms with Crippen LogP contribution >= 0.6 is 0 Å². The Kier molecular flexibility index (Phi) is 3.73. The second-order valence-corrected chi connectivity index (χ2v) is 7.51. The highest BCUT2D eigenvalue weighted by molar-refractivity contribution is 6.14. The highest BCUT2D eigenvalue weighted by Crippen LogP contribution is 2.55. The van der Waals surface area contributed by atoms with Gasteiger partial charge in [-0.15, -0.1) is 6.42 Å². The molecule has 0 amide bonds. The zero-order chi connectivity index (χ0) is 20.5. The highest BCUT2D eigenvalue weighted by atomic mass is 16.4. The van der Waals surface area contributed by atoms with Crippen LogP contribution in [0.25, 0.3) is 5.76 Å². The predicted molar refractivity (Wildman–Crippen MR) is 97.1 cm³/mol. The van der Waals surface area contributed by atoms with Gasteiger partial charge in [0.15, 0.2) is 17.1 Å². The fraction of sp³-hybridized carbons (Fsp3) is 0.333. The fourth-order valence-corrected chi connectivity index (χ4v) is 4.85. The maximum atomic E-state index is 13.3. The number of rotatable bonds is 0. The topological polar surface area (TPSA) is 135 Å². The van der Waals surface area contributed by atoms with E-state index < -0.39 is 64.5 Å². The van der Waals surface area contributed by atoms with Crippen LogP contribution in [0.5, 0.6) is 5.75 Å². The lowest BCUT2D eigenvalue weighted by Crippen LogP contribution is -2.63. The van der Waals surface area contributed by atoms with E-state index >= 15 is 0 Å². The van der Waals surface area contributed by atoms with E-state index in [1.807, 2.05) is 5.92 Å². The van der Waals surface area contributed by atoms with E-state index in [9.17, 15) is 35.1 Å². The summed E-state index contributed by atoms with van der Waals surface area (Å²) in [6.07, 6.45) is 3.40. The van der Waals surface area contributed by atoms with Gasteiger partial charge < -0.3 is 25.5 Å². The summed E-state index contributed by atoms with van der Waals surface area (Å²) in [7, 11) is 0. The maximum absolute atomic E-state index is 13.3. The third kappa shape index (κ3) is 1.96. The number of hydrogen-bond acceptors (Lipinski definition) is 7. The van der Waals surface area contributed by atoms with Crippen LogP contribution in [-0.4, -0.2) is 48.8 Å². The van der Waals surface area contributed by atoms with Crippen molar-refractivity contribution in [2.45, 2.75) is 31.0 Å². The second kappa shape index (κ2) is 5.71. The van der Waals surface area contributed by atoms with E-state index in [0.29, 0.717) is 5.56 Å². The lowest BCUT2D eigenvalue weighted by Gasteiger charge is -2.50. The largest absolute Gasteiger partial charge is 0.507 e. The molecule has 1 aromatic carbocycles. The lowest BCUT2D eigenvalue weighted by molar-refractivity contribution is -0.160. The van der Waals surface area contributed by atoms with Crippen molar-refractivity contribution in [1.82, 2.24) is 0 Å². The van der Waals surface area contributed by atoms with Crippen molar-refractivity contribution in [2.24, 2.45) is 11.8 Å². The summed E-state index contributed by atoms with van der Waals surface area (Å²) < 4.78 is 0. The van der Waals surface area contributed by atoms with Crippen molar-refractivity contribution >= 4 is 17.3 Å². The Morgan fingerprint density at radius 3 is 2.54 bits per heavy atom. The average molecular weight is 382 g/mol. The number of allylic oxidation sites excluding steroid dienone is 1. The van der Waals surface area contributed by atoms with Crippen molar-refractivity contribution < 1.29 is 35.1 Å². The molecule has 4 rings (SSSR count). The van der Waals surface area contributed by atoms with Crippen LogP contribution in [0.1, 0.15) is 30.4 Å². The minimum Gasteiger partial charge on any atom is -0.507 e. The molecule has 0 aliphatic heterocycles. The summed E-state index contributed by atoms with van der Waals surface area (Å²) in [4.78, 5) is 25.5. The van der Waals surface area contributed by atoms with Crippen LogP contribution < -0.4 is 0 Å². The summed E-state index contributed by atoms with van der Waals surface area (Å²) in [5.41, 5.74) is -2.89. The Bertz CT molecular complexity index is 1040. The number of aromatic hydroxyl groups is 1. The van der Waals surface area contributed by atoms with Gasteiger partial charge in [0, 0.05) is 23.8 Å². The molecule has 0 spiro atoms. The summed E-state index contributed by atoms with van der Waals surface area (Å²) in [5, 5.41) is 53.5. The number of aliphatic hydroxyl groups excluding tert-OH is 3. The predicted octanol–water partition coefficient (Wildman–Crippen LogP) is 1.10. The Morgan fingerprint density at radius 1 is 1.21 bits per heavy atom. The van der Waals surface area contributed by atoms with Crippen LogP contribution in [0.4, 0.5) is 0 Å². The number of carbonyl (C=O) groups is 2. The highest BCUT2D eigenvalue weighted by Gasteiger charge is 2.64. The van der Waals surface area contributed by atoms with Crippen LogP contribution in [0, 0.1) is 24.2 Å². The molecule has 1 fully saturated rings. The van der Waals surface area contributed by atoms with Gasteiger partial charge in [-0.1, -0.05) is 25.0 Å². The van der Waals surface area contributed by atoms with Gasteiger partial charge in [-0.2, -0.15) is 0 Å². The van der Waals surface area contributed by atoms with E-state index in [4.69, 9.17) is 6.42 Å². The molecule has 5 atom stereocenters. The summed E-state index contributed by atoms with van der Waals surface area (Å²) >= 11 is 0. The maximum Gasteiger partial charge on any atom is 0.202 e. The Morgan fingerprint density at radius 2 is 1.89 bits per heavy atom. The van der Waals surface area contributed by atoms with E-state index in [0.717, 1.165) is 0 Å². The number of phenols is 1. The number of Topliss-reactive ketones (excluding diaryl/α,β-unsaturated/α-hetero) is 2. The number of hydrogen-bond donors (Lipinski definition) is 5. The molecule has 1 aromatic rings. The monoisotopic (exact) mass is 382 g/mol. The van der Waals surface area contributed by atoms with Crippen LogP contribution in [0.3, 0.4) is 0 Å². The molecular weight excluding hydrogens is 364 g/mol. The van der Waals surface area contributed by atoms with Gasteiger partial charge in [0.05, 0.1) is 11.7 Å². The van der Waals surface area contributed by atoms with Crippen LogP contribution in [-0.2, 0) is 9.59 Å². The second-order valence-electron chi connectivity index (χ2n) is 7.51. The first-order chi connectivity index (χ1) is 13.2. The number of carbonyl (C=O) groups excluding carboxylic acids is 2. The zero-order valence-corrected chi connectivity index (χ0v) is 14.9. The van der Waals surface area contributed by atoms with E-state index in [2.05, 4.69) is 0 Å². The van der Waals surface area contributed by atoms with Crippen molar-refractivity contribution in [3.05, 3.63) is 46.2 Å². The fourth-order valence-electron chi connectivity index (χ4n) is 4.85. The van der Waals surface area contributed by atoms with E-state index in [1.165, 1.54) is 6.07 Å². The first kappa shape index (κ1) is 18.3. The number of aliphatic hydroxyl groups is 4. The summed E-state index contributed by atoms with van der Waals surface area (Å²) in [6, 6.07) is 4.58. The summed E-state index contributed by atoms with van der Waals surface area (Å²) in [5.74, 6) is -4.28. The molecule has 0 aromatic heterocycles.